The maximum Gasteiger partial charge on any atom is 0.196 e. The molecule has 2 saturated heterocycles. The van der Waals surface area contributed by atoms with Gasteiger partial charge >= 0.3 is 0 Å². The summed E-state index contributed by atoms with van der Waals surface area (Å²) in [7, 11) is 1.65. The first-order valence-electron chi connectivity index (χ1n) is 16.0. The minimum atomic E-state index is -0.0810. The number of ketones is 1. The Morgan fingerprint density at radius 3 is 2.43 bits per heavy atom. The van der Waals surface area contributed by atoms with E-state index in [1.54, 1.807) is 13.3 Å². The normalized spacial score (nSPS) is 16.3. The molecule has 0 radical (unpaired) electrons. The van der Waals surface area contributed by atoms with Gasteiger partial charge in [-0.05, 0) is 102 Å². The van der Waals surface area contributed by atoms with Gasteiger partial charge in [0.05, 0.1) is 24.8 Å². The predicted octanol–water partition coefficient (Wildman–Crippen LogP) is 7.29. The van der Waals surface area contributed by atoms with Gasteiger partial charge in [0.2, 0.25) is 0 Å². The van der Waals surface area contributed by atoms with Crippen molar-refractivity contribution in [3.8, 4) is 23.0 Å². The van der Waals surface area contributed by atoms with E-state index in [0.717, 1.165) is 41.9 Å². The number of methoxy groups -OCH3 is 1. The molecule has 0 N–H and O–H groups in total. The maximum atomic E-state index is 13.4. The average Bonchev–Trinajstić information content (AvgIpc) is 3.61. The van der Waals surface area contributed by atoms with Crippen LogP contribution in [0.15, 0.2) is 72.9 Å². The van der Waals surface area contributed by atoms with Gasteiger partial charge in [-0.15, -0.1) is 0 Å². The fourth-order valence-electron chi connectivity index (χ4n) is 6.50. The highest BCUT2D eigenvalue weighted by molar-refractivity contribution is 6.11. The van der Waals surface area contributed by atoms with Crippen LogP contribution in [0.25, 0.3) is 10.9 Å². The van der Waals surface area contributed by atoms with Gasteiger partial charge in [-0.3, -0.25) is 9.78 Å². The Bertz CT molecular complexity index is 1560. The van der Waals surface area contributed by atoms with Crippen LogP contribution in [0.1, 0.15) is 60.0 Å². The van der Waals surface area contributed by atoms with Crippen molar-refractivity contribution in [2.45, 2.75) is 51.5 Å². The van der Waals surface area contributed by atoms with Crippen LogP contribution in [0.4, 0.5) is 0 Å². The van der Waals surface area contributed by atoms with Gasteiger partial charge in [0.1, 0.15) is 11.5 Å². The molecule has 2 aliphatic rings. The maximum absolute atomic E-state index is 13.4. The summed E-state index contributed by atoms with van der Waals surface area (Å²) in [4.78, 5) is 23.3. The molecular weight excluding hydrogens is 550 g/mol. The highest BCUT2D eigenvalue weighted by Gasteiger charge is 2.26. The van der Waals surface area contributed by atoms with Gasteiger partial charge in [0.15, 0.2) is 17.3 Å². The second-order valence-electron chi connectivity index (χ2n) is 12.0. The first kappa shape index (κ1) is 30.1. The molecule has 0 saturated carbocycles. The number of piperidine rings is 1. The predicted molar refractivity (Wildman–Crippen MR) is 174 cm³/mol. The Morgan fingerprint density at radius 1 is 0.864 bits per heavy atom. The van der Waals surface area contributed by atoms with Crippen molar-refractivity contribution in [2.75, 3.05) is 46.4 Å². The minimum Gasteiger partial charge on any atom is -0.493 e. The number of fused-ring (bicyclic) bond motifs is 1. The average molecular weight is 594 g/mol. The molecule has 3 aromatic carbocycles. The van der Waals surface area contributed by atoms with Gasteiger partial charge in [0.25, 0.3) is 0 Å². The summed E-state index contributed by atoms with van der Waals surface area (Å²) in [6, 6.07) is 21.4. The van der Waals surface area contributed by atoms with Crippen LogP contribution in [0, 0.1) is 6.92 Å². The van der Waals surface area contributed by atoms with Crippen LogP contribution >= 0.6 is 0 Å². The number of likely N-dealkylation sites (tertiary alicyclic amines) is 2. The first-order chi connectivity index (χ1) is 21.6. The van der Waals surface area contributed by atoms with Crippen LogP contribution in [0.3, 0.4) is 0 Å². The number of benzene rings is 3. The molecule has 7 nitrogen and oxygen atoms in total. The summed E-state index contributed by atoms with van der Waals surface area (Å²) in [6.45, 7) is 8.73. The van der Waals surface area contributed by atoms with Crippen molar-refractivity contribution >= 4 is 16.7 Å². The Kier molecular flexibility index (Phi) is 9.73. The van der Waals surface area contributed by atoms with E-state index in [2.05, 4.69) is 14.8 Å². The van der Waals surface area contributed by atoms with Gasteiger partial charge in [-0.25, -0.2) is 0 Å². The third kappa shape index (κ3) is 7.06. The number of pyridine rings is 1. The van der Waals surface area contributed by atoms with E-state index in [1.807, 2.05) is 73.7 Å². The topological polar surface area (TPSA) is 64.1 Å². The van der Waals surface area contributed by atoms with Crippen LogP contribution in [-0.4, -0.2) is 73.0 Å². The summed E-state index contributed by atoms with van der Waals surface area (Å²) >= 11 is 0. The second kappa shape index (κ2) is 14.2. The summed E-state index contributed by atoms with van der Waals surface area (Å²) < 4.78 is 18.3. The third-order valence-electron chi connectivity index (χ3n) is 8.96. The Labute approximate surface area is 260 Å². The number of carbonyl (C=O) groups is 1. The molecule has 6 rings (SSSR count). The Hall–Kier alpha value is -3.94. The molecule has 230 valence electrons. The van der Waals surface area contributed by atoms with Crippen molar-refractivity contribution in [2.24, 2.45) is 0 Å². The molecule has 0 unspecified atom stereocenters. The molecule has 44 heavy (non-hydrogen) atoms. The largest absolute Gasteiger partial charge is 0.493 e. The highest BCUT2D eigenvalue weighted by Crippen LogP contribution is 2.38. The molecule has 0 spiro atoms. The number of hydrogen-bond acceptors (Lipinski definition) is 7. The van der Waals surface area contributed by atoms with E-state index in [0.29, 0.717) is 40.7 Å². The minimum absolute atomic E-state index is 0.0810. The van der Waals surface area contributed by atoms with Crippen LogP contribution in [-0.2, 0) is 0 Å². The van der Waals surface area contributed by atoms with E-state index in [4.69, 9.17) is 14.2 Å². The van der Waals surface area contributed by atoms with E-state index in [9.17, 15) is 4.79 Å². The van der Waals surface area contributed by atoms with Gasteiger partial charge < -0.3 is 24.0 Å². The van der Waals surface area contributed by atoms with Crippen LogP contribution in [0.2, 0.25) is 0 Å². The number of rotatable bonds is 12. The molecule has 4 aromatic rings. The van der Waals surface area contributed by atoms with Crippen molar-refractivity contribution in [1.29, 1.82) is 0 Å². The fourth-order valence-corrected chi connectivity index (χ4v) is 6.50. The smallest absolute Gasteiger partial charge is 0.196 e. The molecule has 0 atom stereocenters. The lowest BCUT2D eigenvalue weighted by atomic mass is 10.0. The quantitative estimate of drug-likeness (QED) is 0.126. The summed E-state index contributed by atoms with van der Waals surface area (Å²) in [5.41, 5.74) is 2.86. The zero-order valence-corrected chi connectivity index (χ0v) is 26.0. The first-order valence-corrected chi connectivity index (χ1v) is 16.0. The lowest BCUT2D eigenvalue weighted by Crippen LogP contribution is -2.44. The van der Waals surface area contributed by atoms with Crippen molar-refractivity contribution < 1.29 is 19.0 Å². The zero-order valence-electron chi connectivity index (χ0n) is 26.0. The number of aromatic nitrogens is 1. The van der Waals surface area contributed by atoms with Crippen LogP contribution in [0.5, 0.6) is 23.0 Å². The SMILES string of the molecule is COc1cc2c(Oc3ccc(C)cc3C(=O)c3ccccc3)ccnc2cc1OCCCCN1CCC(N2CCCC2)CC1. The number of carbonyl (C=O) groups excluding carboxylic acids is 1. The molecule has 7 heteroatoms. The van der Waals surface area contributed by atoms with Crippen molar-refractivity contribution in [3.05, 3.63) is 89.6 Å². The standard InChI is InChI=1S/C37H43N3O4/c1-27-12-13-33(31(24-27)37(41)28-10-4-3-5-11-28)44-34-14-17-38-32-26-36(35(42-2)25-30(32)34)43-23-9-8-18-39-21-15-29(16-22-39)40-19-6-7-20-40/h3-5,10-14,17,24-26,29H,6-9,15-16,18-23H2,1-2H3. The number of aryl methyl sites for hydroxylation is 1. The third-order valence-corrected chi connectivity index (χ3v) is 8.96. The number of unbranched alkanes of at least 4 members (excludes halogenated alkanes) is 1. The fraction of sp³-hybridized carbons (Fsp3) is 0.405. The van der Waals surface area contributed by atoms with E-state index < -0.39 is 0 Å². The van der Waals surface area contributed by atoms with E-state index in [1.165, 1.54) is 51.9 Å². The van der Waals surface area contributed by atoms with Gasteiger partial charge in [-0.1, -0.05) is 42.0 Å². The monoisotopic (exact) mass is 593 g/mol. The molecule has 3 heterocycles. The van der Waals surface area contributed by atoms with Crippen molar-refractivity contribution in [3.63, 3.8) is 0 Å². The molecule has 0 amide bonds. The second-order valence-corrected chi connectivity index (χ2v) is 12.0. The lowest BCUT2D eigenvalue weighted by molar-refractivity contribution is 0.103. The molecule has 1 aromatic heterocycles. The lowest BCUT2D eigenvalue weighted by Gasteiger charge is -2.36. The molecule has 2 aliphatic heterocycles. The van der Waals surface area contributed by atoms with E-state index in [-0.39, 0.29) is 5.78 Å². The summed E-state index contributed by atoms with van der Waals surface area (Å²) in [5.74, 6) is 2.31. The number of hydrogen-bond donors (Lipinski definition) is 0. The molecule has 2 fully saturated rings. The van der Waals surface area contributed by atoms with Crippen LogP contribution < -0.4 is 14.2 Å². The molecular formula is C37H43N3O4. The van der Waals surface area contributed by atoms with Crippen molar-refractivity contribution in [1.82, 2.24) is 14.8 Å². The van der Waals surface area contributed by atoms with Gasteiger partial charge in [0, 0.05) is 29.3 Å². The highest BCUT2D eigenvalue weighted by atomic mass is 16.5. The van der Waals surface area contributed by atoms with E-state index >= 15 is 0 Å². The zero-order chi connectivity index (χ0) is 30.3. The molecule has 0 aliphatic carbocycles. The number of ether oxygens (including phenoxy) is 3. The van der Waals surface area contributed by atoms with Gasteiger partial charge in [-0.2, -0.15) is 0 Å². The summed E-state index contributed by atoms with van der Waals surface area (Å²) in [6.07, 6.45) is 9.16. The Balaban J connectivity index is 1.09. The molecule has 0 bridgehead atoms. The Morgan fingerprint density at radius 2 is 1.66 bits per heavy atom. The number of nitrogens with zero attached hydrogens (tertiary/aromatic N) is 3. The summed E-state index contributed by atoms with van der Waals surface area (Å²) in [5, 5.41) is 0.785.